The van der Waals surface area contributed by atoms with E-state index in [1.165, 1.54) is 25.7 Å². The van der Waals surface area contributed by atoms with Crippen LogP contribution in [0, 0.1) is 0 Å². The molecule has 2 amide bonds. The predicted octanol–water partition coefficient (Wildman–Crippen LogP) is 2.82. The molecule has 0 N–H and O–H groups in total. The van der Waals surface area contributed by atoms with Crippen LogP contribution in [0.25, 0.3) is 0 Å². The van der Waals surface area contributed by atoms with E-state index in [4.69, 9.17) is 0 Å². The molecule has 0 saturated heterocycles. The molecular formula is C16H30N2O2. The molecule has 1 saturated carbocycles. The number of carbonyl (C=O) groups is 2. The zero-order chi connectivity index (χ0) is 15.0. The number of nitrogens with zero attached hydrogens (tertiary/aromatic N) is 2. The Bertz CT molecular complexity index is 306. The molecule has 0 aromatic carbocycles. The van der Waals surface area contributed by atoms with E-state index in [2.05, 4.69) is 0 Å². The lowest BCUT2D eigenvalue weighted by atomic mass is 10.1. The average Bonchev–Trinajstić information content (AvgIpc) is 2.69. The first kappa shape index (κ1) is 17.0. The molecule has 0 heterocycles. The topological polar surface area (TPSA) is 40.6 Å². The summed E-state index contributed by atoms with van der Waals surface area (Å²) in [5.74, 6) is 0.277. The van der Waals surface area contributed by atoms with Crippen LogP contribution in [0.15, 0.2) is 0 Å². The Morgan fingerprint density at radius 2 is 1.55 bits per heavy atom. The van der Waals surface area contributed by atoms with Gasteiger partial charge in [0.2, 0.25) is 11.8 Å². The highest BCUT2D eigenvalue weighted by Gasteiger charge is 2.23. The van der Waals surface area contributed by atoms with Gasteiger partial charge in [-0.05, 0) is 26.7 Å². The summed E-state index contributed by atoms with van der Waals surface area (Å²) in [6, 6.07) is 0.347. The van der Waals surface area contributed by atoms with Crippen molar-refractivity contribution in [2.45, 2.75) is 71.8 Å². The highest BCUT2D eigenvalue weighted by atomic mass is 16.2. The molecule has 1 fully saturated rings. The van der Waals surface area contributed by atoms with Crippen molar-refractivity contribution in [3.63, 3.8) is 0 Å². The number of carbonyl (C=O) groups excluding carboxylic acids is 2. The fourth-order valence-corrected chi connectivity index (χ4v) is 3.12. The van der Waals surface area contributed by atoms with E-state index in [1.807, 2.05) is 23.6 Å². The SMILES string of the molecule is CCN(CC)C(=O)CCN(C(C)=O)C1CCCCCC1. The van der Waals surface area contributed by atoms with Crippen LogP contribution in [0.1, 0.15) is 65.7 Å². The second-order valence-corrected chi connectivity index (χ2v) is 5.67. The summed E-state index contributed by atoms with van der Waals surface area (Å²) < 4.78 is 0. The number of hydrogen-bond acceptors (Lipinski definition) is 2. The summed E-state index contributed by atoms with van der Waals surface area (Å²) in [7, 11) is 0. The van der Waals surface area contributed by atoms with Gasteiger partial charge in [0.05, 0.1) is 0 Å². The molecule has 0 radical (unpaired) electrons. The molecule has 4 heteroatoms. The van der Waals surface area contributed by atoms with Gasteiger partial charge in [-0.1, -0.05) is 25.7 Å². The molecule has 0 atom stereocenters. The molecule has 116 valence electrons. The van der Waals surface area contributed by atoms with Gasteiger partial charge in [0.1, 0.15) is 0 Å². The van der Waals surface area contributed by atoms with E-state index < -0.39 is 0 Å². The zero-order valence-corrected chi connectivity index (χ0v) is 13.4. The molecule has 0 aromatic rings. The first-order valence-corrected chi connectivity index (χ1v) is 8.15. The van der Waals surface area contributed by atoms with Crippen molar-refractivity contribution in [3.05, 3.63) is 0 Å². The van der Waals surface area contributed by atoms with Gasteiger partial charge in [0, 0.05) is 39.0 Å². The van der Waals surface area contributed by atoms with Crippen molar-refractivity contribution in [1.82, 2.24) is 9.80 Å². The fraction of sp³-hybridized carbons (Fsp3) is 0.875. The van der Waals surface area contributed by atoms with Crippen LogP contribution < -0.4 is 0 Å². The van der Waals surface area contributed by atoms with Gasteiger partial charge in [0.15, 0.2) is 0 Å². The standard InChI is InChI=1S/C16H30N2O2/c1-4-17(5-2)16(20)12-13-18(14(3)19)15-10-8-6-7-9-11-15/h15H,4-13H2,1-3H3. The van der Waals surface area contributed by atoms with Crippen molar-refractivity contribution in [1.29, 1.82) is 0 Å². The second kappa shape index (κ2) is 8.98. The Morgan fingerprint density at radius 3 is 2.00 bits per heavy atom. The van der Waals surface area contributed by atoms with Gasteiger partial charge in [-0.15, -0.1) is 0 Å². The molecule has 1 aliphatic rings. The van der Waals surface area contributed by atoms with E-state index >= 15 is 0 Å². The van der Waals surface area contributed by atoms with Crippen LogP contribution in [-0.2, 0) is 9.59 Å². The van der Waals surface area contributed by atoms with Crippen molar-refractivity contribution in [2.24, 2.45) is 0 Å². The first-order chi connectivity index (χ1) is 9.60. The molecule has 1 rings (SSSR count). The summed E-state index contributed by atoms with van der Waals surface area (Å²) in [6.07, 6.45) is 7.62. The zero-order valence-electron chi connectivity index (χ0n) is 13.4. The third-order valence-electron chi connectivity index (χ3n) is 4.35. The van der Waals surface area contributed by atoms with Crippen LogP contribution >= 0.6 is 0 Å². The minimum atomic E-state index is 0.115. The molecule has 0 unspecified atom stereocenters. The van der Waals surface area contributed by atoms with E-state index in [9.17, 15) is 9.59 Å². The van der Waals surface area contributed by atoms with Crippen molar-refractivity contribution in [2.75, 3.05) is 19.6 Å². The second-order valence-electron chi connectivity index (χ2n) is 5.67. The van der Waals surface area contributed by atoms with Gasteiger partial charge < -0.3 is 9.80 Å². The summed E-state index contributed by atoms with van der Waals surface area (Å²) in [6.45, 7) is 7.70. The van der Waals surface area contributed by atoms with Gasteiger partial charge in [-0.2, -0.15) is 0 Å². The fourth-order valence-electron chi connectivity index (χ4n) is 3.12. The maximum absolute atomic E-state index is 12.1. The Hall–Kier alpha value is -1.06. The maximum atomic E-state index is 12.1. The van der Waals surface area contributed by atoms with Crippen LogP contribution in [0.4, 0.5) is 0 Å². The van der Waals surface area contributed by atoms with Crippen LogP contribution in [0.2, 0.25) is 0 Å². The highest BCUT2D eigenvalue weighted by molar-refractivity contribution is 5.78. The summed E-state index contributed by atoms with van der Waals surface area (Å²) >= 11 is 0. The van der Waals surface area contributed by atoms with E-state index in [-0.39, 0.29) is 11.8 Å². The molecular weight excluding hydrogens is 252 g/mol. The van der Waals surface area contributed by atoms with Crippen molar-refractivity contribution in [3.8, 4) is 0 Å². The lowest BCUT2D eigenvalue weighted by Crippen LogP contribution is -2.41. The van der Waals surface area contributed by atoms with Crippen LogP contribution in [0.3, 0.4) is 0 Å². The summed E-state index contributed by atoms with van der Waals surface area (Å²) in [5, 5.41) is 0. The van der Waals surface area contributed by atoms with Gasteiger partial charge >= 0.3 is 0 Å². The molecule has 4 nitrogen and oxygen atoms in total. The Morgan fingerprint density at radius 1 is 1.00 bits per heavy atom. The van der Waals surface area contributed by atoms with Crippen LogP contribution in [0.5, 0.6) is 0 Å². The largest absolute Gasteiger partial charge is 0.343 e. The lowest BCUT2D eigenvalue weighted by molar-refractivity contribution is -0.134. The normalized spacial score (nSPS) is 16.6. The molecule has 0 aliphatic heterocycles. The molecule has 0 aromatic heterocycles. The predicted molar refractivity (Wildman–Crippen MR) is 81.4 cm³/mol. The van der Waals surface area contributed by atoms with Gasteiger partial charge in [-0.3, -0.25) is 9.59 Å². The maximum Gasteiger partial charge on any atom is 0.224 e. The quantitative estimate of drug-likeness (QED) is 0.703. The Labute approximate surface area is 123 Å². The molecule has 1 aliphatic carbocycles. The van der Waals surface area contributed by atoms with E-state index in [0.717, 1.165) is 25.9 Å². The smallest absolute Gasteiger partial charge is 0.224 e. The minimum absolute atomic E-state index is 0.115. The summed E-state index contributed by atoms with van der Waals surface area (Å²) in [4.78, 5) is 27.7. The van der Waals surface area contributed by atoms with Crippen molar-refractivity contribution < 1.29 is 9.59 Å². The number of rotatable bonds is 6. The highest BCUT2D eigenvalue weighted by Crippen LogP contribution is 2.22. The van der Waals surface area contributed by atoms with E-state index in [0.29, 0.717) is 19.0 Å². The van der Waals surface area contributed by atoms with Gasteiger partial charge in [-0.25, -0.2) is 0 Å². The van der Waals surface area contributed by atoms with Crippen molar-refractivity contribution >= 4 is 11.8 Å². The molecule has 20 heavy (non-hydrogen) atoms. The third kappa shape index (κ3) is 5.14. The Kier molecular flexibility index (Phi) is 7.63. The Balaban J connectivity index is 2.54. The molecule has 0 spiro atoms. The van der Waals surface area contributed by atoms with E-state index in [1.54, 1.807) is 6.92 Å². The summed E-state index contributed by atoms with van der Waals surface area (Å²) in [5.41, 5.74) is 0. The number of amides is 2. The monoisotopic (exact) mass is 282 g/mol. The first-order valence-electron chi connectivity index (χ1n) is 8.15. The molecule has 0 bridgehead atoms. The van der Waals surface area contributed by atoms with Gasteiger partial charge in [0.25, 0.3) is 0 Å². The minimum Gasteiger partial charge on any atom is -0.343 e. The lowest BCUT2D eigenvalue weighted by Gasteiger charge is -2.31. The average molecular weight is 282 g/mol. The number of hydrogen-bond donors (Lipinski definition) is 0. The third-order valence-corrected chi connectivity index (χ3v) is 4.35. The van der Waals surface area contributed by atoms with Crippen LogP contribution in [-0.4, -0.2) is 47.3 Å².